The zero-order valence-electron chi connectivity index (χ0n) is 9.23. The third-order valence-corrected chi connectivity index (χ3v) is 2.30. The lowest BCUT2D eigenvalue weighted by molar-refractivity contribution is -0.874. The lowest BCUT2D eigenvalue weighted by Crippen LogP contribution is -2.41. The van der Waals surface area contributed by atoms with Gasteiger partial charge < -0.3 is 4.48 Å². The Labute approximate surface area is 72.0 Å². The fourth-order valence-electron chi connectivity index (χ4n) is 1.10. The minimum atomic E-state index is 0.450. The van der Waals surface area contributed by atoms with Crippen molar-refractivity contribution >= 4 is 0 Å². The lowest BCUT2D eigenvalue weighted by atomic mass is 9.81. The van der Waals surface area contributed by atoms with Crippen molar-refractivity contribution in [1.29, 1.82) is 0 Å². The van der Waals surface area contributed by atoms with Crippen LogP contribution in [0, 0.1) is 11.3 Å². The normalized spacial score (nSPS) is 16.6. The van der Waals surface area contributed by atoms with E-state index in [1.165, 1.54) is 6.54 Å². The molecule has 0 radical (unpaired) electrons. The van der Waals surface area contributed by atoms with Gasteiger partial charge in [-0.2, -0.15) is 0 Å². The van der Waals surface area contributed by atoms with Crippen LogP contribution in [0.3, 0.4) is 0 Å². The zero-order valence-corrected chi connectivity index (χ0v) is 9.23. The molecule has 0 fully saturated rings. The molecular weight excluding hydrogens is 134 g/mol. The van der Waals surface area contributed by atoms with E-state index in [1.54, 1.807) is 0 Å². The summed E-state index contributed by atoms with van der Waals surface area (Å²) in [7, 11) is 6.76. The van der Waals surface area contributed by atoms with Gasteiger partial charge in [-0.1, -0.05) is 27.7 Å². The molecule has 0 N–H and O–H groups in total. The Kier molecular flexibility index (Phi) is 3.13. The molecule has 68 valence electrons. The molecule has 0 bridgehead atoms. The second-order valence-electron chi connectivity index (χ2n) is 5.74. The van der Waals surface area contributed by atoms with Crippen molar-refractivity contribution in [1.82, 2.24) is 0 Å². The summed E-state index contributed by atoms with van der Waals surface area (Å²) < 4.78 is 1.07. The van der Waals surface area contributed by atoms with Gasteiger partial charge in [-0.05, 0) is 5.41 Å². The number of hydrogen-bond acceptors (Lipinski definition) is 0. The van der Waals surface area contributed by atoms with Gasteiger partial charge in [-0.15, -0.1) is 0 Å². The van der Waals surface area contributed by atoms with Crippen molar-refractivity contribution in [2.45, 2.75) is 27.7 Å². The van der Waals surface area contributed by atoms with Crippen LogP contribution in [0.2, 0.25) is 0 Å². The smallest absolute Gasteiger partial charge is 0.0811 e. The molecule has 1 atom stereocenters. The first-order chi connectivity index (χ1) is 4.63. The van der Waals surface area contributed by atoms with E-state index in [0.717, 1.165) is 10.4 Å². The van der Waals surface area contributed by atoms with Crippen molar-refractivity contribution in [3.63, 3.8) is 0 Å². The van der Waals surface area contributed by atoms with E-state index in [4.69, 9.17) is 0 Å². The summed E-state index contributed by atoms with van der Waals surface area (Å²) in [6.45, 7) is 10.5. The molecule has 0 aliphatic heterocycles. The van der Waals surface area contributed by atoms with Crippen molar-refractivity contribution in [3.05, 3.63) is 0 Å². The predicted molar refractivity (Wildman–Crippen MR) is 51.5 cm³/mol. The zero-order chi connectivity index (χ0) is 9.28. The second kappa shape index (κ2) is 3.14. The van der Waals surface area contributed by atoms with Crippen LogP contribution in [-0.2, 0) is 0 Å². The van der Waals surface area contributed by atoms with Gasteiger partial charge in [0.15, 0.2) is 0 Å². The number of rotatable bonds is 2. The predicted octanol–water partition coefficient (Wildman–Crippen LogP) is 2.37. The topological polar surface area (TPSA) is 0 Å². The Bertz CT molecular complexity index is 114. The summed E-state index contributed by atoms with van der Waals surface area (Å²) in [5.41, 5.74) is 0.450. The second-order valence-corrected chi connectivity index (χ2v) is 5.74. The third kappa shape index (κ3) is 5.25. The van der Waals surface area contributed by atoms with E-state index in [2.05, 4.69) is 48.8 Å². The quantitative estimate of drug-likeness (QED) is 0.541. The van der Waals surface area contributed by atoms with Crippen molar-refractivity contribution in [2.24, 2.45) is 11.3 Å². The summed E-state index contributed by atoms with van der Waals surface area (Å²) >= 11 is 0. The van der Waals surface area contributed by atoms with Gasteiger partial charge in [0.1, 0.15) is 0 Å². The standard InChI is InChI=1S/C10H24N/c1-9(10(2,3)4)8-11(5,6)7/h9H,8H2,1-7H3/q+1/t9-/m0/s1. The Balaban J connectivity index is 3.99. The van der Waals surface area contributed by atoms with E-state index < -0.39 is 0 Å². The summed E-state index contributed by atoms with van der Waals surface area (Å²) in [6, 6.07) is 0. The Morgan fingerprint density at radius 2 is 1.45 bits per heavy atom. The average molecular weight is 158 g/mol. The maximum Gasteiger partial charge on any atom is 0.0811 e. The minimum Gasteiger partial charge on any atom is -0.331 e. The molecule has 0 aromatic rings. The molecule has 0 heterocycles. The molecule has 0 rings (SSSR count). The van der Waals surface area contributed by atoms with Crippen molar-refractivity contribution < 1.29 is 4.48 Å². The molecule has 0 aromatic carbocycles. The Hall–Kier alpha value is -0.0400. The molecule has 0 unspecified atom stereocenters. The molecule has 0 spiro atoms. The Morgan fingerprint density at radius 3 is 1.55 bits per heavy atom. The van der Waals surface area contributed by atoms with Crippen LogP contribution < -0.4 is 0 Å². The van der Waals surface area contributed by atoms with E-state index in [1.807, 2.05) is 0 Å². The van der Waals surface area contributed by atoms with Gasteiger partial charge in [0.25, 0.3) is 0 Å². The maximum atomic E-state index is 2.34. The van der Waals surface area contributed by atoms with Crippen LogP contribution in [0.5, 0.6) is 0 Å². The molecular formula is C10H24N+. The van der Waals surface area contributed by atoms with E-state index in [0.29, 0.717) is 5.41 Å². The fraction of sp³-hybridized carbons (Fsp3) is 1.00. The van der Waals surface area contributed by atoms with Crippen LogP contribution >= 0.6 is 0 Å². The van der Waals surface area contributed by atoms with Gasteiger partial charge in [0.05, 0.1) is 27.7 Å². The largest absolute Gasteiger partial charge is 0.331 e. The van der Waals surface area contributed by atoms with Crippen molar-refractivity contribution in [2.75, 3.05) is 27.7 Å². The highest BCUT2D eigenvalue weighted by molar-refractivity contribution is 4.68. The average Bonchev–Trinajstić information content (AvgIpc) is 1.56. The summed E-state index contributed by atoms with van der Waals surface area (Å²) in [5.74, 6) is 0.780. The molecule has 0 amide bonds. The summed E-state index contributed by atoms with van der Waals surface area (Å²) in [6.07, 6.45) is 0. The van der Waals surface area contributed by atoms with Crippen LogP contribution in [-0.4, -0.2) is 32.2 Å². The first-order valence-electron chi connectivity index (χ1n) is 4.43. The summed E-state index contributed by atoms with van der Waals surface area (Å²) in [5, 5.41) is 0. The molecule has 0 saturated heterocycles. The van der Waals surface area contributed by atoms with Gasteiger partial charge in [-0.3, -0.25) is 0 Å². The van der Waals surface area contributed by atoms with Crippen LogP contribution in [0.1, 0.15) is 27.7 Å². The number of nitrogens with zero attached hydrogens (tertiary/aromatic N) is 1. The maximum absolute atomic E-state index is 2.34. The van der Waals surface area contributed by atoms with Gasteiger partial charge in [-0.25, -0.2) is 0 Å². The molecule has 0 aliphatic carbocycles. The molecule has 1 nitrogen and oxygen atoms in total. The molecule has 1 heteroatoms. The van der Waals surface area contributed by atoms with Gasteiger partial charge in [0, 0.05) is 5.92 Å². The fourth-order valence-corrected chi connectivity index (χ4v) is 1.10. The highest BCUT2D eigenvalue weighted by Gasteiger charge is 2.25. The minimum absolute atomic E-state index is 0.450. The Morgan fingerprint density at radius 1 is 1.09 bits per heavy atom. The van der Waals surface area contributed by atoms with E-state index in [9.17, 15) is 0 Å². The van der Waals surface area contributed by atoms with Crippen LogP contribution in [0.25, 0.3) is 0 Å². The van der Waals surface area contributed by atoms with E-state index in [-0.39, 0.29) is 0 Å². The first-order valence-corrected chi connectivity index (χ1v) is 4.43. The molecule has 0 aliphatic rings. The first kappa shape index (κ1) is 11.0. The van der Waals surface area contributed by atoms with Crippen molar-refractivity contribution in [3.8, 4) is 0 Å². The molecule has 11 heavy (non-hydrogen) atoms. The highest BCUT2D eigenvalue weighted by Crippen LogP contribution is 2.26. The number of quaternary nitrogens is 1. The lowest BCUT2D eigenvalue weighted by Gasteiger charge is -2.34. The van der Waals surface area contributed by atoms with E-state index >= 15 is 0 Å². The van der Waals surface area contributed by atoms with Gasteiger partial charge >= 0.3 is 0 Å². The molecule has 0 aromatic heterocycles. The number of hydrogen-bond donors (Lipinski definition) is 0. The SMILES string of the molecule is C[C@@H](C[N+](C)(C)C)C(C)(C)C. The van der Waals surface area contributed by atoms with Crippen LogP contribution in [0.15, 0.2) is 0 Å². The highest BCUT2D eigenvalue weighted by atomic mass is 15.3. The third-order valence-electron chi connectivity index (χ3n) is 2.30. The van der Waals surface area contributed by atoms with Crippen LogP contribution in [0.4, 0.5) is 0 Å². The summed E-state index contributed by atoms with van der Waals surface area (Å²) in [4.78, 5) is 0. The monoisotopic (exact) mass is 158 g/mol. The van der Waals surface area contributed by atoms with Gasteiger partial charge in [0.2, 0.25) is 0 Å². The molecule has 0 saturated carbocycles.